The number of nitrogens with zero attached hydrogens (tertiary/aromatic N) is 3. The molecular weight excluding hydrogens is 360 g/mol. The summed E-state index contributed by atoms with van der Waals surface area (Å²) >= 11 is 6.22. The molecule has 0 spiro atoms. The number of aromatic nitrogens is 3. The molecule has 1 N–H and O–H groups in total. The molecule has 2 heterocycles. The van der Waals surface area contributed by atoms with Crippen LogP contribution in [0.2, 0.25) is 5.02 Å². The highest BCUT2D eigenvalue weighted by Crippen LogP contribution is 2.24. The van der Waals surface area contributed by atoms with Gasteiger partial charge in [-0.15, -0.1) is 0 Å². The van der Waals surface area contributed by atoms with Crippen molar-refractivity contribution in [3.05, 3.63) is 64.7 Å². The summed E-state index contributed by atoms with van der Waals surface area (Å²) in [4.78, 5) is 8.18. The third-order valence-electron chi connectivity index (χ3n) is 3.54. The molecule has 6 nitrogen and oxygen atoms in total. The van der Waals surface area contributed by atoms with Crippen LogP contribution in [0.25, 0.3) is 5.82 Å². The van der Waals surface area contributed by atoms with Gasteiger partial charge in [0.2, 0.25) is 0 Å². The number of hydrogen-bond donors (Lipinski definition) is 1. The Labute approximate surface area is 151 Å². The smallest absolute Gasteiger partial charge is 0.278 e. The van der Waals surface area contributed by atoms with E-state index in [1.54, 1.807) is 24.4 Å². The van der Waals surface area contributed by atoms with Gasteiger partial charge in [0.1, 0.15) is 6.33 Å². The maximum Gasteiger partial charge on any atom is 0.279 e. The highest BCUT2D eigenvalue weighted by molar-refractivity contribution is 7.92. The van der Waals surface area contributed by atoms with E-state index in [1.165, 1.54) is 17.1 Å². The number of benzene rings is 1. The minimum atomic E-state index is -3.86. The van der Waals surface area contributed by atoms with E-state index in [2.05, 4.69) is 14.7 Å². The molecule has 3 aromatic rings. The van der Waals surface area contributed by atoms with Gasteiger partial charge in [-0.05, 0) is 55.7 Å². The lowest BCUT2D eigenvalue weighted by Gasteiger charge is -2.12. The second-order valence-corrected chi connectivity index (χ2v) is 7.94. The molecule has 25 heavy (non-hydrogen) atoms. The Bertz CT molecular complexity index is 1020. The fourth-order valence-electron chi connectivity index (χ4n) is 2.59. The molecule has 0 aliphatic rings. The van der Waals surface area contributed by atoms with Gasteiger partial charge in [-0.1, -0.05) is 17.7 Å². The third-order valence-corrected chi connectivity index (χ3v) is 5.18. The standard InChI is InChI=1S/C17H17ClN4O2S/c1-11-4-12(2)6-14(5-11)21-25(23,24)16-9-19-10-22(16)17-15(18)7-13(3)8-20-17/h4-10,21H,1-3H3. The fraction of sp³-hybridized carbons (Fsp3) is 0.176. The summed E-state index contributed by atoms with van der Waals surface area (Å²) in [6.07, 6.45) is 4.26. The van der Waals surface area contributed by atoms with Gasteiger partial charge in [0.05, 0.1) is 11.2 Å². The van der Waals surface area contributed by atoms with Crippen LogP contribution in [0.1, 0.15) is 16.7 Å². The Hall–Kier alpha value is -2.38. The van der Waals surface area contributed by atoms with Crippen LogP contribution < -0.4 is 4.72 Å². The average Bonchev–Trinajstić information content (AvgIpc) is 2.95. The number of pyridine rings is 1. The van der Waals surface area contributed by atoms with Crippen molar-refractivity contribution in [2.75, 3.05) is 4.72 Å². The molecule has 8 heteroatoms. The van der Waals surface area contributed by atoms with E-state index in [4.69, 9.17) is 11.6 Å². The molecule has 0 fully saturated rings. The third kappa shape index (κ3) is 3.67. The number of rotatable bonds is 4. The molecule has 130 valence electrons. The van der Waals surface area contributed by atoms with E-state index in [0.29, 0.717) is 16.5 Å². The van der Waals surface area contributed by atoms with Gasteiger partial charge in [-0.25, -0.2) is 9.97 Å². The second kappa shape index (κ2) is 6.50. The number of imidazole rings is 1. The van der Waals surface area contributed by atoms with Crippen molar-refractivity contribution in [1.82, 2.24) is 14.5 Å². The molecule has 0 atom stereocenters. The molecular formula is C17H17ClN4O2S. The molecule has 1 aromatic carbocycles. The van der Waals surface area contributed by atoms with E-state index in [0.717, 1.165) is 16.7 Å². The maximum atomic E-state index is 12.8. The zero-order valence-corrected chi connectivity index (χ0v) is 15.6. The minimum Gasteiger partial charge on any atom is -0.278 e. The van der Waals surface area contributed by atoms with Gasteiger partial charge in [-0.2, -0.15) is 8.42 Å². The zero-order valence-electron chi connectivity index (χ0n) is 14.0. The van der Waals surface area contributed by atoms with Crippen LogP contribution in [0.3, 0.4) is 0 Å². The Kier molecular flexibility index (Phi) is 4.53. The topological polar surface area (TPSA) is 76.9 Å². The van der Waals surface area contributed by atoms with E-state index >= 15 is 0 Å². The van der Waals surface area contributed by atoms with Gasteiger partial charge in [-0.3, -0.25) is 9.29 Å². The molecule has 0 aliphatic carbocycles. The fourth-order valence-corrected chi connectivity index (χ4v) is 4.02. The average molecular weight is 377 g/mol. The van der Waals surface area contributed by atoms with Gasteiger partial charge >= 0.3 is 0 Å². The first kappa shape index (κ1) is 17.4. The number of anilines is 1. The Morgan fingerprint density at radius 3 is 2.32 bits per heavy atom. The number of nitrogens with one attached hydrogen (secondary N) is 1. The largest absolute Gasteiger partial charge is 0.279 e. The SMILES string of the molecule is Cc1cc(C)cc(NS(=O)(=O)c2cncn2-c2ncc(C)cc2Cl)c1. The van der Waals surface area contributed by atoms with Crippen LogP contribution >= 0.6 is 11.6 Å². The van der Waals surface area contributed by atoms with Gasteiger partial charge in [0.15, 0.2) is 10.8 Å². The van der Waals surface area contributed by atoms with Crippen molar-refractivity contribution in [2.24, 2.45) is 0 Å². The Morgan fingerprint density at radius 2 is 1.68 bits per heavy atom. The summed E-state index contributed by atoms with van der Waals surface area (Å²) in [7, 11) is -3.86. The lowest BCUT2D eigenvalue weighted by molar-refractivity contribution is 0.594. The summed E-state index contributed by atoms with van der Waals surface area (Å²) in [5.41, 5.74) is 3.31. The van der Waals surface area contributed by atoms with Gasteiger partial charge in [0.25, 0.3) is 10.0 Å². The molecule has 0 saturated heterocycles. The maximum absolute atomic E-state index is 12.8. The van der Waals surface area contributed by atoms with Crippen LogP contribution in [-0.2, 0) is 10.0 Å². The second-order valence-electron chi connectivity index (χ2n) is 5.90. The number of aryl methyl sites for hydroxylation is 3. The number of halogens is 1. The van der Waals surface area contributed by atoms with Crippen molar-refractivity contribution in [3.8, 4) is 5.82 Å². The molecule has 0 amide bonds. The quantitative estimate of drug-likeness (QED) is 0.754. The Balaban J connectivity index is 2.03. The molecule has 0 unspecified atom stereocenters. The first-order valence-corrected chi connectivity index (χ1v) is 9.38. The molecule has 0 saturated carbocycles. The lowest BCUT2D eigenvalue weighted by Crippen LogP contribution is -2.17. The van der Waals surface area contributed by atoms with Crippen molar-refractivity contribution >= 4 is 27.3 Å². The zero-order chi connectivity index (χ0) is 18.2. The number of hydrogen-bond acceptors (Lipinski definition) is 4. The highest BCUT2D eigenvalue weighted by atomic mass is 35.5. The van der Waals surface area contributed by atoms with E-state index < -0.39 is 10.0 Å². The van der Waals surface area contributed by atoms with Crippen molar-refractivity contribution in [3.63, 3.8) is 0 Å². The summed E-state index contributed by atoms with van der Waals surface area (Å²) in [6.45, 7) is 5.67. The predicted molar refractivity (Wildman–Crippen MR) is 97.8 cm³/mol. The predicted octanol–water partition coefficient (Wildman–Crippen LogP) is 3.65. The van der Waals surface area contributed by atoms with Gasteiger partial charge < -0.3 is 0 Å². The molecule has 0 bridgehead atoms. The van der Waals surface area contributed by atoms with E-state index in [1.807, 2.05) is 26.8 Å². The summed E-state index contributed by atoms with van der Waals surface area (Å²) in [6, 6.07) is 7.22. The highest BCUT2D eigenvalue weighted by Gasteiger charge is 2.22. The first-order chi connectivity index (χ1) is 11.8. The Morgan fingerprint density at radius 1 is 1.00 bits per heavy atom. The summed E-state index contributed by atoms with van der Waals surface area (Å²) in [5, 5.41) is 0.311. The van der Waals surface area contributed by atoms with Crippen molar-refractivity contribution in [1.29, 1.82) is 0 Å². The van der Waals surface area contributed by atoms with Crippen LogP contribution in [0, 0.1) is 20.8 Å². The molecule has 2 aromatic heterocycles. The summed E-state index contributed by atoms with van der Waals surface area (Å²) < 4.78 is 29.6. The number of sulfonamides is 1. The molecule has 0 aliphatic heterocycles. The van der Waals surface area contributed by atoms with Gasteiger partial charge in [0, 0.05) is 11.9 Å². The van der Waals surface area contributed by atoms with E-state index in [9.17, 15) is 8.42 Å². The van der Waals surface area contributed by atoms with Crippen molar-refractivity contribution < 1.29 is 8.42 Å². The van der Waals surface area contributed by atoms with Crippen molar-refractivity contribution in [2.45, 2.75) is 25.8 Å². The van der Waals surface area contributed by atoms with Crippen LogP contribution in [0.5, 0.6) is 0 Å². The van der Waals surface area contributed by atoms with Crippen LogP contribution in [0.4, 0.5) is 5.69 Å². The van der Waals surface area contributed by atoms with Crippen LogP contribution in [-0.4, -0.2) is 23.0 Å². The summed E-state index contributed by atoms with van der Waals surface area (Å²) in [5.74, 6) is 0.311. The normalized spacial score (nSPS) is 11.5. The van der Waals surface area contributed by atoms with E-state index in [-0.39, 0.29) is 5.03 Å². The molecule has 3 rings (SSSR count). The van der Waals surface area contributed by atoms with Crippen LogP contribution in [0.15, 0.2) is 48.0 Å². The minimum absolute atomic E-state index is 0.0371. The first-order valence-electron chi connectivity index (χ1n) is 7.52. The lowest BCUT2D eigenvalue weighted by atomic mass is 10.1. The molecule has 0 radical (unpaired) electrons. The monoisotopic (exact) mass is 376 g/mol.